The van der Waals surface area contributed by atoms with Gasteiger partial charge in [0, 0.05) is 17.3 Å². The van der Waals surface area contributed by atoms with Gasteiger partial charge in [-0.15, -0.1) is 11.3 Å². The number of carboxylic acids is 1. The minimum Gasteiger partial charge on any atom is -0.481 e. The fraction of sp³-hybridized carbons (Fsp3) is 0.562. The molecule has 2 amide bonds. The third-order valence-electron chi connectivity index (χ3n) is 3.94. The van der Waals surface area contributed by atoms with Crippen molar-refractivity contribution in [2.24, 2.45) is 5.92 Å². The smallest absolute Gasteiger partial charge is 0.305 e. The number of anilines is 1. The van der Waals surface area contributed by atoms with Gasteiger partial charge in [-0.05, 0) is 25.8 Å². The molecule has 0 aliphatic heterocycles. The Balaban J connectivity index is 2.00. The SMILES string of the molecule is Cc1cc(C(=O)NCCC(=O)O)c(NC(=O)C2CCCCC2)s1. The van der Waals surface area contributed by atoms with Gasteiger partial charge in [0.05, 0.1) is 12.0 Å². The van der Waals surface area contributed by atoms with Crippen molar-refractivity contribution in [3.63, 3.8) is 0 Å². The molecule has 23 heavy (non-hydrogen) atoms. The molecule has 1 aromatic heterocycles. The monoisotopic (exact) mass is 338 g/mol. The number of hydrogen-bond donors (Lipinski definition) is 3. The first kappa shape index (κ1) is 17.5. The number of rotatable bonds is 6. The molecule has 2 rings (SSSR count). The van der Waals surface area contributed by atoms with E-state index in [9.17, 15) is 14.4 Å². The molecule has 7 heteroatoms. The van der Waals surface area contributed by atoms with Crippen LogP contribution in [0.3, 0.4) is 0 Å². The Hall–Kier alpha value is -1.89. The topological polar surface area (TPSA) is 95.5 Å². The average Bonchev–Trinajstić information content (AvgIpc) is 2.88. The Bertz CT molecular complexity index is 591. The number of aliphatic carboxylic acids is 1. The molecule has 0 spiro atoms. The maximum atomic E-state index is 12.3. The summed E-state index contributed by atoms with van der Waals surface area (Å²) in [5, 5.41) is 14.6. The van der Waals surface area contributed by atoms with Crippen LogP contribution >= 0.6 is 11.3 Å². The average molecular weight is 338 g/mol. The highest BCUT2D eigenvalue weighted by atomic mass is 32.1. The molecule has 1 heterocycles. The van der Waals surface area contributed by atoms with Gasteiger partial charge in [-0.25, -0.2) is 0 Å². The van der Waals surface area contributed by atoms with Gasteiger partial charge in [-0.3, -0.25) is 14.4 Å². The van der Waals surface area contributed by atoms with Gasteiger partial charge < -0.3 is 15.7 Å². The van der Waals surface area contributed by atoms with E-state index in [0.29, 0.717) is 10.6 Å². The van der Waals surface area contributed by atoms with E-state index in [1.165, 1.54) is 17.8 Å². The molecule has 0 atom stereocenters. The van der Waals surface area contributed by atoms with Crippen LogP contribution < -0.4 is 10.6 Å². The first-order valence-corrected chi connectivity index (χ1v) is 8.70. The van der Waals surface area contributed by atoms with Crippen molar-refractivity contribution in [2.75, 3.05) is 11.9 Å². The van der Waals surface area contributed by atoms with Crippen LogP contribution in [0.4, 0.5) is 5.00 Å². The summed E-state index contributed by atoms with van der Waals surface area (Å²) in [5.74, 6) is -1.31. The van der Waals surface area contributed by atoms with Crippen molar-refractivity contribution in [3.05, 3.63) is 16.5 Å². The lowest BCUT2D eigenvalue weighted by atomic mass is 9.89. The Morgan fingerprint density at radius 2 is 1.96 bits per heavy atom. The highest BCUT2D eigenvalue weighted by Gasteiger charge is 2.23. The van der Waals surface area contributed by atoms with Crippen LogP contribution in [0.2, 0.25) is 0 Å². The number of aryl methyl sites for hydroxylation is 1. The Morgan fingerprint density at radius 3 is 2.61 bits per heavy atom. The summed E-state index contributed by atoms with van der Waals surface area (Å²) in [6.45, 7) is 1.94. The molecule has 0 aromatic carbocycles. The van der Waals surface area contributed by atoms with Gasteiger partial charge in [-0.1, -0.05) is 19.3 Å². The van der Waals surface area contributed by atoms with E-state index in [0.717, 1.165) is 30.6 Å². The van der Waals surface area contributed by atoms with Crippen molar-refractivity contribution in [1.82, 2.24) is 5.32 Å². The van der Waals surface area contributed by atoms with E-state index in [1.54, 1.807) is 6.07 Å². The van der Waals surface area contributed by atoms with Gasteiger partial charge in [-0.2, -0.15) is 0 Å². The van der Waals surface area contributed by atoms with Gasteiger partial charge in [0.1, 0.15) is 5.00 Å². The fourth-order valence-electron chi connectivity index (χ4n) is 2.73. The summed E-state index contributed by atoms with van der Waals surface area (Å²) < 4.78 is 0. The first-order valence-electron chi connectivity index (χ1n) is 7.88. The summed E-state index contributed by atoms with van der Waals surface area (Å²) in [7, 11) is 0. The number of amides is 2. The maximum absolute atomic E-state index is 12.3. The second-order valence-electron chi connectivity index (χ2n) is 5.82. The van der Waals surface area contributed by atoms with Crippen LogP contribution in [-0.2, 0) is 9.59 Å². The number of hydrogen-bond acceptors (Lipinski definition) is 4. The number of carboxylic acid groups (broad SMARTS) is 1. The van der Waals surface area contributed by atoms with Crippen LogP contribution in [-0.4, -0.2) is 29.4 Å². The van der Waals surface area contributed by atoms with E-state index in [-0.39, 0.29) is 30.7 Å². The lowest BCUT2D eigenvalue weighted by Crippen LogP contribution is -2.28. The maximum Gasteiger partial charge on any atom is 0.305 e. The Morgan fingerprint density at radius 1 is 1.26 bits per heavy atom. The lowest BCUT2D eigenvalue weighted by molar-refractivity contribution is -0.136. The van der Waals surface area contributed by atoms with E-state index in [2.05, 4.69) is 10.6 Å². The minimum absolute atomic E-state index is 0.0221. The van der Waals surface area contributed by atoms with Crippen molar-refractivity contribution >= 4 is 34.1 Å². The zero-order valence-electron chi connectivity index (χ0n) is 13.2. The molecule has 0 saturated heterocycles. The lowest BCUT2D eigenvalue weighted by Gasteiger charge is -2.20. The van der Waals surface area contributed by atoms with Gasteiger partial charge in [0.25, 0.3) is 5.91 Å². The minimum atomic E-state index is -0.961. The van der Waals surface area contributed by atoms with Gasteiger partial charge >= 0.3 is 5.97 Å². The van der Waals surface area contributed by atoms with Crippen LogP contribution in [0.15, 0.2) is 6.07 Å². The summed E-state index contributed by atoms with van der Waals surface area (Å²) in [6, 6.07) is 1.72. The molecular formula is C16H22N2O4S. The van der Waals surface area contributed by atoms with Gasteiger partial charge in [0.2, 0.25) is 5.91 Å². The van der Waals surface area contributed by atoms with Crippen LogP contribution in [0.1, 0.15) is 53.8 Å². The van der Waals surface area contributed by atoms with E-state index < -0.39 is 5.97 Å². The highest BCUT2D eigenvalue weighted by Crippen LogP contribution is 2.30. The predicted molar refractivity (Wildman–Crippen MR) is 88.8 cm³/mol. The Labute approximate surface area is 139 Å². The quantitative estimate of drug-likeness (QED) is 0.743. The molecule has 1 fully saturated rings. The molecule has 0 unspecified atom stereocenters. The molecule has 1 saturated carbocycles. The summed E-state index contributed by atoms with van der Waals surface area (Å²) in [6.07, 6.45) is 5.00. The standard InChI is InChI=1S/C16H22N2O4S/c1-10-9-12(15(22)17-8-7-13(19)20)16(23-10)18-14(21)11-5-3-2-4-6-11/h9,11H,2-8H2,1H3,(H,17,22)(H,18,21)(H,19,20). The second-order valence-corrected chi connectivity index (χ2v) is 7.08. The van der Waals surface area contributed by atoms with Gasteiger partial charge in [0.15, 0.2) is 0 Å². The van der Waals surface area contributed by atoms with Crippen molar-refractivity contribution in [3.8, 4) is 0 Å². The first-order chi connectivity index (χ1) is 11.0. The second kappa shape index (κ2) is 8.10. The van der Waals surface area contributed by atoms with Crippen molar-refractivity contribution in [1.29, 1.82) is 0 Å². The van der Waals surface area contributed by atoms with Crippen molar-refractivity contribution in [2.45, 2.75) is 45.4 Å². The molecule has 0 bridgehead atoms. The molecule has 1 aliphatic carbocycles. The zero-order valence-corrected chi connectivity index (χ0v) is 14.0. The zero-order chi connectivity index (χ0) is 16.8. The van der Waals surface area contributed by atoms with E-state index in [1.807, 2.05) is 6.92 Å². The molecule has 6 nitrogen and oxygen atoms in total. The number of nitrogens with one attached hydrogen (secondary N) is 2. The molecule has 1 aliphatic rings. The molecule has 3 N–H and O–H groups in total. The number of carbonyl (C=O) groups excluding carboxylic acids is 2. The largest absolute Gasteiger partial charge is 0.481 e. The van der Waals surface area contributed by atoms with Crippen LogP contribution in [0.25, 0.3) is 0 Å². The number of carbonyl (C=O) groups is 3. The third-order valence-corrected chi connectivity index (χ3v) is 4.90. The molecular weight excluding hydrogens is 316 g/mol. The summed E-state index contributed by atoms with van der Waals surface area (Å²) >= 11 is 1.37. The highest BCUT2D eigenvalue weighted by molar-refractivity contribution is 7.16. The summed E-state index contributed by atoms with van der Waals surface area (Å²) in [4.78, 5) is 35.9. The van der Waals surface area contributed by atoms with E-state index >= 15 is 0 Å². The van der Waals surface area contributed by atoms with Crippen molar-refractivity contribution < 1.29 is 19.5 Å². The van der Waals surface area contributed by atoms with E-state index in [4.69, 9.17) is 5.11 Å². The fourth-order valence-corrected chi connectivity index (χ4v) is 3.64. The summed E-state index contributed by atoms with van der Waals surface area (Å²) in [5.41, 5.74) is 0.405. The van der Waals surface area contributed by atoms with Crippen LogP contribution in [0, 0.1) is 12.8 Å². The normalized spacial score (nSPS) is 15.2. The number of thiophene rings is 1. The Kier molecular flexibility index (Phi) is 6.15. The predicted octanol–water partition coefficient (Wildman–Crippen LogP) is 2.78. The molecule has 126 valence electrons. The third kappa shape index (κ3) is 5.06. The molecule has 0 radical (unpaired) electrons. The van der Waals surface area contributed by atoms with Crippen LogP contribution in [0.5, 0.6) is 0 Å². The molecule has 1 aromatic rings.